The van der Waals surface area contributed by atoms with Crippen LogP contribution in [0.2, 0.25) is 0 Å². The molecular weight excluding hydrogens is 516 g/mol. The Balaban J connectivity index is 1.23. The fourth-order valence-electron chi connectivity index (χ4n) is 4.04. The molecule has 0 aromatic heterocycles. The molecule has 4 aromatic carbocycles. The number of methoxy groups -OCH3 is 1. The van der Waals surface area contributed by atoms with Crippen LogP contribution < -0.4 is 15.4 Å². The number of carbonyl (C=O) groups excluding carboxylic acids is 3. The lowest BCUT2D eigenvalue weighted by Gasteiger charge is -2.17. The monoisotopic (exact) mass is 548 g/mol. The Morgan fingerprint density at radius 2 is 1.39 bits per heavy atom. The van der Waals surface area contributed by atoms with Gasteiger partial charge < -0.3 is 20.1 Å². The molecule has 1 atom stereocenters. The molecule has 0 radical (unpaired) electrons. The first-order valence-electron chi connectivity index (χ1n) is 13.2. The Bertz CT molecular complexity index is 1450. The second-order valence-corrected chi connectivity index (χ2v) is 9.33. The highest BCUT2D eigenvalue weighted by Crippen LogP contribution is 2.15. The number of esters is 1. The van der Waals surface area contributed by atoms with Crippen LogP contribution in [0.25, 0.3) is 6.08 Å². The fourth-order valence-corrected chi connectivity index (χ4v) is 4.04. The SMILES string of the molecule is COC(=O)[C@H](Cc1ccccc1)NC(=O)c1ccc(CNC(=O)C=Cc2ccc(OCc3ccccc3)cc2)cc1. The van der Waals surface area contributed by atoms with Gasteiger partial charge in [0.2, 0.25) is 5.91 Å². The van der Waals surface area contributed by atoms with E-state index in [9.17, 15) is 14.4 Å². The van der Waals surface area contributed by atoms with Gasteiger partial charge in [-0.15, -0.1) is 0 Å². The molecule has 0 aliphatic rings. The van der Waals surface area contributed by atoms with Crippen molar-refractivity contribution in [2.45, 2.75) is 25.6 Å². The minimum Gasteiger partial charge on any atom is -0.489 e. The van der Waals surface area contributed by atoms with Crippen molar-refractivity contribution in [1.82, 2.24) is 10.6 Å². The molecule has 0 spiro atoms. The summed E-state index contributed by atoms with van der Waals surface area (Å²) in [7, 11) is 1.30. The zero-order valence-electron chi connectivity index (χ0n) is 22.8. The molecule has 208 valence electrons. The van der Waals surface area contributed by atoms with Gasteiger partial charge in [-0.2, -0.15) is 0 Å². The lowest BCUT2D eigenvalue weighted by Crippen LogP contribution is -2.43. The predicted molar refractivity (Wildman–Crippen MR) is 158 cm³/mol. The van der Waals surface area contributed by atoms with Gasteiger partial charge in [-0.25, -0.2) is 4.79 Å². The van der Waals surface area contributed by atoms with Crippen molar-refractivity contribution < 1.29 is 23.9 Å². The maximum absolute atomic E-state index is 12.8. The molecule has 2 N–H and O–H groups in total. The summed E-state index contributed by atoms with van der Waals surface area (Å²) >= 11 is 0. The lowest BCUT2D eigenvalue weighted by atomic mass is 10.0. The number of amides is 2. The Morgan fingerprint density at radius 3 is 2.02 bits per heavy atom. The number of nitrogens with one attached hydrogen (secondary N) is 2. The average molecular weight is 549 g/mol. The third kappa shape index (κ3) is 9.21. The van der Waals surface area contributed by atoms with Gasteiger partial charge in [0.25, 0.3) is 5.91 Å². The lowest BCUT2D eigenvalue weighted by molar-refractivity contribution is -0.142. The molecule has 0 unspecified atom stereocenters. The summed E-state index contributed by atoms with van der Waals surface area (Å²) in [4.78, 5) is 37.3. The van der Waals surface area contributed by atoms with E-state index in [0.29, 0.717) is 25.1 Å². The maximum Gasteiger partial charge on any atom is 0.328 e. The topological polar surface area (TPSA) is 93.7 Å². The zero-order chi connectivity index (χ0) is 28.9. The third-order valence-corrected chi connectivity index (χ3v) is 6.31. The highest BCUT2D eigenvalue weighted by Gasteiger charge is 2.22. The number of ether oxygens (including phenoxy) is 2. The van der Waals surface area contributed by atoms with Crippen molar-refractivity contribution in [3.63, 3.8) is 0 Å². The van der Waals surface area contributed by atoms with Crippen molar-refractivity contribution >= 4 is 23.9 Å². The molecule has 4 aromatic rings. The van der Waals surface area contributed by atoms with Crippen LogP contribution in [0.3, 0.4) is 0 Å². The number of hydrogen-bond acceptors (Lipinski definition) is 5. The van der Waals surface area contributed by atoms with Gasteiger partial charge in [0.1, 0.15) is 18.4 Å². The van der Waals surface area contributed by atoms with Crippen molar-refractivity contribution in [2.24, 2.45) is 0 Å². The van der Waals surface area contributed by atoms with Gasteiger partial charge in [0.15, 0.2) is 0 Å². The summed E-state index contributed by atoms with van der Waals surface area (Å²) in [5, 5.41) is 5.59. The van der Waals surface area contributed by atoms with Crippen molar-refractivity contribution in [1.29, 1.82) is 0 Å². The summed E-state index contributed by atoms with van der Waals surface area (Å²) < 4.78 is 10.7. The molecule has 0 bridgehead atoms. The van der Waals surface area contributed by atoms with Crippen LogP contribution in [0.1, 0.15) is 32.6 Å². The minimum absolute atomic E-state index is 0.238. The quantitative estimate of drug-likeness (QED) is 0.190. The molecule has 41 heavy (non-hydrogen) atoms. The van der Waals surface area contributed by atoms with Crippen LogP contribution in [0.5, 0.6) is 5.75 Å². The number of hydrogen-bond donors (Lipinski definition) is 2. The molecule has 0 aliphatic heterocycles. The van der Waals surface area contributed by atoms with Crippen LogP contribution in [0.15, 0.2) is 115 Å². The largest absolute Gasteiger partial charge is 0.489 e. The number of carbonyl (C=O) groups is 3. The van der Waals surface area contributed by atoms with E-state index in [1.54, 1.807) is 30.3 Å². The second-order valence-electron chi connectivity index (χ2n) is 9.33. The van der Waals surface area contributed by atoms with E-state index in [1.807, 2.05) is 84.9 Å². The normalized spacial score (nSPS) is 11.4. The van der Waals surface area contributed by atoms with Crippen LogP contribution in [-0.2, 0) is 33.9 Å². The number of rotatable bonds is 12. The predicted octanol–water partition coefficient (Wildman–Crippen LogP) is 5.11. The summed E-state index contributed by atoms with van der Waals surface area (Å²) in [6.07, 6.45) is 3.53. The Labute approximate surface area is 239 Å². The first-order valence-corrected chi connectivity index (χ1v) is 13.2. The molecule has 4 rings (SSSR count). The third-order valence-electron chi connectivity index (χ3n) is 6.31. The number of benzene rings is 4. The standard InChI is InChI=1S/C34H32N2O5/c1-40-34(39)31(22-26-8-4-2-5-9-26)36-33(38)29-17-12-27(13-18-29)23-35-32(37)21-16-25-14-19-30(20-15-25)41-24-28-10-6-3-7-11-28/h2-21,31H,22-24H2,1H3,(H,35,37)(H,36,38)/t31-/m0/s1. The van der Waals surface area contributed by atoms with E-state index in [0.717, 1.165) is 28.0 Å². The molecular formula is C34H32N2O5. The molecule has 2 amide bonds. The molecule has 0 aliphatic carbocycles. The van der Waals surface area contributed by atoms with E-state index in [1.165, 1.54) is 13.2 Å². The maximum atomic E-state index is 12.8. The molecule has 0 fully saturated rings. The van der Waals surface area contributed by atoms with Crippen molar-refractivity contribution in [2.75, 3.05) is 7.11 Å². The van der Waals surface area contributed by atoms with Crippen LogP contribution in [-0.4, -0.2) is 30.9 Å². The Morgan fingerprint density at radius 1 is 0.756 bits per heavy atom. The van der Waals surface area contributed by atoms with Crippen molar-refractivity contribution in [3.8, 4) is 5.75 Å². The first-order chi connectivity index (χ1) is 20.0. The van der Waals surface area contributed by atoms with E-state index in [4.69, 9.17) is 9.47 Å². The molecule has 0 heterocycles. The van der Waals surface area contributed by atoms with Gasteiger partial charge in [-0.05, 0) is 52.6 Å². The van der Waals surface area contributed by atoms with Crippen LogP contribution in [0.4, 0.5) is 0 Å². The molecule has 7 nitrogen and oxygen atoms in total. The van der Waals surface area contributed by atoms with E-state index < -0.39 is 12.0 Å². The van der Waals surface area contributed by atoms with Crippen molar-refractivity contribution in [3.05, 3.63) is 143 Å². The summed E-state index contributed by atoms with van der Waals surface area (Å²) in [6.45, 7) is 0.794. The summed E-state index contributed by atoms with van der Waals surface area (Å²) in [6, 6.07) is 32.9. The van der Waals surface area contributed by atoms with E-state index in [-0.39, 0.29) is 11.8 Å². The van der Waals surface area contributed by atoms with Gasteiger partial charge >= 0.3 is 5.97 Å². The summed E-state index contributed by atoms with van der Waals surface area (Å²) in [5.74, 6) is -0.379. The molecule has 0 saturated carbocycles. The highest BCUT2D eigenvalue weighted by molar-refractivity contribution is 5.97. The fraction of sp³-hybridized carbons (Fsp3) is 0.147. The first kappa shape index (κ1) is 28.8. The highest BCUT2D eigenvalue weighted by atomic mass is 16.5. The minimum atomic E-state index is -0.807. The second kappa shape index (κ2) is 14.8. The van der Waals surface area contributed by atoms with E-state index >= 15 is 0 Å². The van der Waals surface area contributed by atoms with Crippen LogP contribution >= 0.6 is 0 Å². The van der Waals surface area contributed by atoms with Gasteiger partial charge in [0, 0.05) is 24.6 Å². The van der Waals surface area contributed by atoms with Crippen LogP contribution in [0, 0.1) is 0 Å². The summed E-state index contributed by atoms with van der Waals surface area (Å²) in [5.41, 5.74) is 4.11. The smallest absolute Gasteiger partial charge is 0.328 e. The Hall–Kier alpha value is -5.17. The van der Waals surface area contributed by atoms with Gasteiger partial charge in [0.05, 0.1) is 7.11 Å². The van der Waals surface area contributed by atoms with Gasteiger partial charge in [-0.1, -0.05) is 84.9 Å². The average Bonchev–Trinajstić information content (AvgIpc) is 3.02. The zero-order valence-corrected chi connectivity index (χ0v) is 22.8. The molecule has 0 saturated heterocycles. The van der Waals surface area contributed by atoms with Gasteiger partial charge in [-0.3, -0.25) is 9.59 Å². The molecule has 7 heteroatoms. The Kier molecular flexibility index (Phi) is 10.4. The van der Waals surface area contributed by atoms with E-state index in [2.05, 4.69) is 10.6 Å².